The summed E-state index contributed by atoms with van der Waals surface area (Å²) in [6, 6.07) is 11.8. The first-order chi connectivity index (χ1) is 18.9. The molecule has 0 amide bonds. The number of H-pyrrole nitrogens is 1. The van der Waals surface area contributed by atoms with Gasteiger partial charge < -0.3 is 19.2 Å². The van der Waals surface area contributed by atoms with Gasteiger partial charge in [0.2, 0.25) is 0 Å². The number of benzene rings is 2. The maximum atomic E-state index is 13.1. The van der Waals surface area contributed by atoms with Crippen LogP contribution in [0.3, 0.4) is 0 Å². The first-order valence-corrected chi connectivity index (χ1v) is 14.9. The predicted octanol–water partition coefficient (Wildman–Crippen LogP) is 7.80. The lowest BCUT2D eigenvalue weighted by Crippen LogP contribution is -2.13. The van der Waals surface area contributed by atoms with E-state index < -0.39 is 0 Å². The van der Waals surface area contributed by atoms with Crippen molar-refractivity contribution in [1.29, 1.82) is 0 Å². The fourth-order valence-corrected chi connectivity index (χ4v) is 6.79. The van der Waals surface area contributed by atoms with Crippen LogP contribution in [0.25, 0.3) is 21.6 Å². The smallest absolute Gasteiger partial charge is 0.260 e. The minimum Gasteiger partial charge on any atom is -0.493 e. The first kappa shape index (κ1) is 27.5. The summed E-state index contributed by atoms with van der Waals surface area (Å²) in [6.07, 6.45) is 4.78. The number of para-hydroxylation sites is 1. The van der Waals surface area contributed by atoms with Crippen molar-refractivity contribution in [3.8, 4) is 28.6 Å². The van der Waals surface area contributed by atoms with Crippen LogP contribution in [-0.2, 0) is 12.8 Å². The van der Waals surface area contributed by atoms with Gasteiger partial charge >= 0.3 is 0 Å². The number of aryl methyl sites for hydroxylation is 1. The van der Waals surface area contributed by atoms with E-state index in [0.717, 1.165) is 41.6 Å². The largest absolute Gasteiger partial charge is 0.493 e. The number of methoxy groups -OCH3 is 1. The van der Waals surface area contributed by atoms with Crippen molar-refractivity contribution < 1.29 is 14.2 Å². The van der Waals surface area contributed by atoms with Crippen LogP contribution in [0.2, 0.25) is 5.02 Å². The molecule has 0 spiro atoms. The third-order valence-electron chi connectivity index (χ3n) is 7.52. The van der Waals surface area contributed by atoms with Crippen LogP contribution in [0.5, 0.6) is 17.2 Å². The molecule has 6 nitrogen and oxygen atoms in total. The van der Waals surface area contributed by atoms with Crippen LogP contribution in [-0.4, -0.2) is 30.3 Å². The Morgan fingerprint density at radius 1 is 1.18 bits per heavy atom. The van der Waals surface area contributed by atoms with Crippen molar-refractivity contribution in [1.82, 2.24) is 9.97 Å². The molecule has 39 heavy (non-hydrogen) atoms. The van der Waals surface area contributed by atoms with Gasteiger partial charge in [0, 0.05) is 16.9 Å². The second kappa shape index (κ2) is 12.0. The van der Waals surface area contributed by atoms with Crippen molar-refractivity contribution in [2.24, 2.45) is 5.92 Å². The lowest BCUT2D eigenvalue weighted by molar-refractivity contribution is 0.239. The fraction of sp³-hybridized carbons (Fsp3) is 0.419. The lowest BCUT2D eigenvalue weighted by Gasteiger charge is -2.17. The van der Waals surface area contributed by atoms with Crippen LogP contribution in [0, 0.1) is 5.92 Å². The van der Waals surface area contributed by atoms with Gasteiger partial charge in [-0.1, -0.05) is 50.6 Å². The molecule has 0 saturated carbocycles. The quantitative estimate of drug-likeness (QED) is 0.198. The number of aromatic nitrogens is 2. The molecule has 0 saturated heterocycles. The van der Waals surface area contributed by atoms with Gasteiger partial charge in [0.1, 0.15) is 16.4 Å². The number of aromatic amines is 1. The van der Waals surface area contributed by atoms with Crippen molar-refractivity contribution in [3.05, 3.63) is 67.8 Å². The normalized spacial score (nSPS) is 15.7. The van der Waals surface area contributed by atoms with Crippen molar-refractivity contribution in [2.75, 3.05) is 20.3 Å². The van der Waals surface area contributed by atoms with Crippen molar-refractivity contribution >= 4 is 33.2 Å². The molecule has 1 aliphatic rings. The Balaban J connectivity index is 1.29. The Labute approximate surface area is 238 Å². The fourth-order valence-electron chi connectivity index (χ4n) is 5.14. The van der Waals surface area contributed by atoms with E-state index in [9.17, 15) is 4.79 Å². The Kier molecular flexibility index (Phi) is 8.48. The number of nitrogens with zero attached hydrogens (tertiary/aromatic N) is 1. The number of thiophene rings is 1. The summed E-state index contributed by atoms with van der Waals surface area (Å²) in [5.41, 5.74) is 2.96. The summed E-state index contributed by atoms with van der Waals surface area (Å²) >= 11 is 8.28. The Bertz CT molecular complexity index is 1530. The summed E-state index contributed by atoms with van der Waals surface area (Å²) in [5, 5.41) is 1.13. The number of ether oxygens (including phenoxy) is 3. The molecule has 206 valence electrons. The van der Waals surface area contributed by atoms with Crippen molar-refractivity contribution in [2.45, 2.75) is 58.8 Å². The third-order valence-corrected chi connectivity index (χ3v) is 8.95. The number of rotatable bonds is 10. The Morgan fingerprint density at radius 2 is 1.97 bits per heavy atom. The molecule has 5 rings (SSSR count). The van der Waals surface area contributed by atoms with Gasteiger partial charge in [0.15, 0.2) is 11.5 Å². The first-order valence-electron chi connectivity index (χ1n) is 13.7. The van der Waals surface area contributed by atoms with Crippen LogP contribution in [0.4, 0.5) is 0 Å². The van der Waals surface area contributed by atoms with E-state index in [2.05, 4.69) is 31.8 Å². The maximum absolute atomic E-state index is 13.1. The molecular formula is C31H35ClN2O4S. The van der Waals surface area contributed by atoms with Crippen LogP contribution < -0.4 is 19.8 Å². The highest BCUT2D eigenvalue weighted by molar-refractivity contribution is 7.18. The van der Waals surface area contributed by atoms with Gasteiger partial charge in [-0.05, 0) is 66.8 Å². The Morgan fingerprint density at radius 3 is 2.77 bits per heavy atom. The second-order valence-electron chi connectivity index (χ2n) is 10.3. The standard InChI is InChI=1S/C31H35ClN2O4S/c1-5-19(3)21-9-6-7-10-24(21)37-13-8-14-38-28-23(32)16-20(17-25(28)36-4)29-33-30(35)27-22-12-11-18(2)15-26(22)39-31(27)34-29/h6-7,9-10,16-19H,5,8,11-15H2,1-4H3,(H,33,34,35)/t18-,19+/m1/s1. The topological polar surface area (TPSA) is 73.4 Å². The summed E-state index contributed by atoms with van der Waals surface area (Å²) in [7, 11) is 1.57. The molecule has 0 unspecified atom stereocenters. The van der Waals surface area contributed by atoms with Gasteiger partial charge in [0.25, 0.3) is 5.56 Å². The molecule has 2 heterocycles. The zero-order valence-electron chi connectivity index (χ0n) is 22.9. The molecule has 2 aromatic carbocycles. The van der Waals surface area contributed by atoms with E-state index in [-0.39, 0.29) is 5.56 Å². The summed E-state index contributed by atoms with van der Waals surface area (Å²) in [5.74, 6) is 3.42. The summed E-state index contributed by atoms with van der Waals surface area (Å²) < 4.78 is 17.7. The minimum absolute atomic E-state index is 0.104. The third kappa shape index (κ3) is 5.80. The van der Waals surface area contributed by atoms with Crippen LogP contribution in [0.15, 0.2) is 41.2 Å². The van der Waals surface area contributed by atoms with Gasteiger partial charge in [-0.2, -0.15) is 0 Å². The van der Waals surface area contributed by atoms with Crippen LogP contribution in [0.1, 0.15) is 62.0 Å². The number of hydrogen-bond donors (Lipinski definition) is 1. The number of nitrogens with one attached hydrogen (secondary N) is 1. The van der Waals surface area contributed by atoms with E-state index >= 15 is 0 Å². The summed E-state index contributed by atoms with van der Waals surface area (Å²) in [6.45, 7) is 7.59. The van der Waals surface area contributed by atoms with Gasteiger partial charge in [-0.15, -0.1) is 11.3 Å². The van der Waals surface area contributed by atoms with E-state index in [1.165, 1.54) is 16.0 Å². The minimum atomic E-state index is -0.104. The Hall–Kier alpha value is -3.03. The molecule has 2 aromatic heterocycles. The molecule has 4 aromatic rings. The zero-order chi connectivity index (χ0) is 27.5. The average molecular weight is 567 g/mol. The molecule has 8 heteroatoms. The number of halogens is 1. The summed E-state index contributed by atoms with van der Waals surface area (Å²) in [4.78, 5) is 22.9. The van der Waals surface area contributed by atoms with Gasteiger partial charge in [-0.25, -0.2) is 4.98 Å². The number of hydrogen-bond acceptors (Lipinski definition) is 6. The lowest BCUT2D eigenvalue weighted by atomic mass is 9.89. The maximum Gasteiger partial charge on any atom is 0.260 e. The zero-order valence-corrected chi connectivity index (χ0v) is 24.5. The van der Waals surface area contributed by atoms with Crippen LogP contribution >= 0.6 is 22.9 Å². The highest BCUT2D eigenvalue weighted by Crippen LogP contribution is 2.40. The SMILES string of the molecule is CC[C@H](C)c1ccccc1OCCCOc1c(Cl)cc(-c2nc3sc4c(c3c(=O)[nH]2)CC[C@@H](C)C4)cc1OC. The molecule has 2 atom stereocenters. The molecule has 0 radical (unpaired) electrons. The average Bonchev–Trinajstić information content (AvgIpc) is 3.31. The van der Waals surface area contributed by atoms with Gasteiger partial charge in [0.05, 0.1) is 30.7 Å². The molecule has 0 aliphatic heterocycles. The molecule has 0 fully saturated rings. The molecule has 1 aliphatic carbocycles. The van der Waals surface area contributed by atoms with Gasteiger partial charge in [-0.3, -0.25) is 4.79 Å². The van der Waals surface area contributed by atoms with E-state index in [4.69, 9.17) is 30.8 Å². The molecule has 1 N–H and O–H groups in total. The van der Waals surface area contributed by atoms with E-state index in [1.54, 1.807) is 30.6 Å². The van der Waals surface area contributed by atoms with E-state index in [0.29, 0.717) is 59.4 Å². The highest BCUT2D eigenvalue weighted by atomic mass is 35.5. The molecule has 0 bridgehead atoms. The molecular weight excluding hydrogens is 532 g/mol. The van der Waals surface area contributed by atoms with E-state index in [1.807, 2.05) is 18.2 Å². The second-order valence-corrected chi connectivity index (χ2v) is 11.8. The highest BCUT2D eigenvalue weighted by Gasteiger charge is 2.24. The predicted molar refractivity (Wildman–Crippen MR) is 159 cm³/mol. The van der Waals surface area contributed by atoms with Crippen molar-refractivity contribution in [3.63, 3.8) is 0 Å². The number of fused-ring (bicyclic) bond motifs is 3. The monoisotopic (exact) mass is 566 g/mol.